The van der Waals surface area contributed by atoms with Gasteiger partial charge in [0.1, 0.15) is 5.75 Å². The number of fused-ring (bicyclic) bond motifs is 1. The van der Waals surface area contributed by atoms with E-state index in [0.29, 0.717) is 17.1 Å². The van der Waals surface area contributed by atoms with Crippen LogP contribution in [-0.4, -0.2) is 25.0 Å². The van der Waals surface area contributed by atoms with Crippen LogP contribution in [0.5, 0.6) is 5.75 Å². The molecule has 24 heavy (non-hydrogen) atoms. The average molecular weight is 322 g/mol. The van der Waals surface area contributed by atoms with Gasteiger partial charge < -0.3 is 15.0 Å². The highest BCUT2D eigenvalue weighted by Gasteiger charge is 2.28. The Morgan fingerprint density at radius 1 is 1.21 bits per heavy atom. The van der Waals surface area contributed by atoms with Crippen LogP contribution < -0.4 is 15.0 Å². The Morgan fingerprint density at radius 3 is 2.71 bits per heavy atom. The molecule has 1 aliphatic heterocycles. The van der Waals surface area contributed by atoms with E-state index in [9.17, 15) is 9.59 Å². The number of likely N-dealkylation sites (N-methyl/N-ethyl adjacent to an activating group) is 1. The smallest absolute Gasteiger partial charge is 0.267 e. The van der Waals surface area contributed by atoms with Gasteiger partial charge in [0, 0.05) is 18.8 Å². The maximum atomic E-state index is 12.0. The van der Waals surface area contributed by atoms with Crippen molar-refractivity contribution in [3.8, 4) is 5.75 Å². The SMILES string of the molecule is CC1Oc2ccc(NC(=O)C=Cc3ccccc3)cc2N(C)C1=O. The van der Waals surface area contributed by atoms with E-state index in [0.717, 1.165) is 5.56 Å². The van der Waals surface area contributed by atoms with Crippen molar-refractivity contribution in [3.05, 3.63) is 60.2 Å². The molecule has 122 valence electrons. The number of rotatable bonds is 3. The monoisotopic (exact) mass is 322 g/mol. The van der Waals surface area contributed by atoms with E-state index in [4.69, 9.17) is 4.74 Å². The summed E-state index contributed by atoms with van der Waals surface area (Å²) in [6, 6.07) is 14.8. The Labute approximate surface area is 140 Å². The van der Waals surface area contributed by atoms with Gasteiger partial charge in [-0.3, -0.25) is 9.59 Å². The number of carbonyl (C=O) groups excluding carboxylic acids is 2. The van der Waals surface area contributed by atoms with E-state index >= 15 is 0 Å². The van der Waals surface area contributed by atoms with Crippen LogP contribution in [0.4, 0.5) is 11.4 Å². The number of anilines is 2. The van der Waals surface area contributed by atoms with E-state index in [1.807, 2.05) is 30.3 Å². The summed E-state index contributed by atoms with van der Waals surface area (Å²) in [4.78, 5) is 25.6. The number of ether oxygens (including phenoxy) is 1. The van der Waals surface area contributed by atoms with Gasteiger partial charge in [-0.2, -0.15) is 0 Å². The Hall–Kier alpha value is -3.08. The Morgan fingerprint density at radius 2 is 1.96 bits per heavy atom. The lowest BCUT2D eigenvalue weighted by molar-refractivity contribution is -0.125. The molecule has 0 bridgehead atoms. The van der Waals surface area contributed by atoms with Crippen molar-refractivity contribution in [2.75, 3.05) is 17.3 Å². The standard InChI is InChI=1S/C19H18N2O3/c1-13-19(23)21(2)16-12-15(9-10-17(16)24-13)20-18(22)11-8-14-6-4-3-5-7-14/h3-13H,1-2H3,(H,20,22). The van der Waals surface area contributed by atoms with Gasteiger partial charge in [-0.15, -0.1) is 0 Å². The third kappa shape index (κ3) is 3.30. The number of carbonyl (C=O) groups is 2. The summed E-state index contributed by atoms with van der Waals surface area (Å²) in [5.74, 6) is 0.273. The molecular weight excluding hydrogens is 304 g/mol. The molecule has 2 aromatic carbocycles. The van der Waals surface area contributed by atoms with Crippen LogP contribution in [0.25, 0.3) is 6.08 Å². The topological polar surface area (TPSA) is 58.6 Å². The van der Waals surface area contributed by atoms with Crippen LogP contribution in [0.3, 0.4) is 0 Å². The lowest BCUT2D eigenvalue weighted by Gasteiger charge is -2.30. The maximum absolute atomic E-state index is 12.0. The van der Waals surface area contributed by atoms with Gasteiger partial charge in [0.25, 0.3) is 5.91 Å². The first-order chi connectivity index (χ1) is 11.5. The Bertz CT molecular complexity index is 800. The molecule has 0 aromatic heterocycles. The number of amides is 2. The third-order valence-corrected chi connectivity index (χ3v) is 3.80. The van der Waals surface area contributed by atoms with Crippen molar-refractivity contribution >= 4 is 29.3 Å². The normalized spacial score (nSPS) is 16.7. The molecule has 1 N–H and O–H groups in total. The van der Waals surface area contributed by atoms with Gasteiger partial charge >= 0.3 is 0 Å². The van der Waals surface area contributed by atoms with Gasteiger partial charge in [0.05, 0.1) is 5.69 Å². The van der Waals surface area contributed by atoms with Crippen LogP contribution in [0.2, 0.25) is 0 Å². The fraction of sp³-hybridized carbons (Fsp3) is 0.158. The molecule has 0 radical (unpaired) electrons. The second kappa shape index (κ2) is 6.58. The number of nitrogens with zero attached hydrogens (tertiary/aromatic N) is 1. The highest BCUT2D eigenvalue weighted by Crippen LogP contribution is 2.35. The Kier molecular flexibility index (Phi) is 4.33. The first-order valence-electron chi connectivity index (χ1n) is 7.67. The fourth-order valence-corrected chi connectivity index (χ4v) is 2.51. The summed E-state index contributed by atoms with van der Waals surface area (Å²) in [5.41, 5.74) is 2.20. The molecule has 0 saturated heterocycles. The first-order valence-corrected chi connectivity index (χ1v) is 7.67. The number of hydrogen-bond acceptors (Lipinski definition) is 3. The lowest BCUT2D eigenvalue weighted by Crippen LogP contribution is -2.41. The molecule has 2 amide bonds. The van der Waals surface area contributed by atoms with E-state index in [1.165, 1.54) is 6.08 Å². The number of hydrogen-bond donors (Lipinski definition) is 1. The van der Waals surface area contributed by atoms with Crippen molar-refractivity contribution in [3.63, 3.8) is 0 Å². The van der Waals surface area contributed by atoms with Gasteiger partial charge in [0.15, 0.2) is 6.10 Å². The highest BCUT2D eigenvalue weighted by atomic mass is 16.5. The van der Waals surface area contributed by atoms with E-state index in [2.05, 4.69) is 5.32 Å². The molecule has 2 aromatic rings. The number of nitrogens with one attached hydrogen (secondary N) is 1. The van der Waals surface area contributed by atoms with E-state index < -0.39 is 6.10 Å². The summed E-state index contributed by atoms with van der Waals surface area (Å²) < 4.78 is 5.56. The van der Waals surface area contributed by atoms with Gasteiger partial charge in [-0.1, -0.05) is 30.3 Å². The molecule has 0 spiro atoms. The quantitative estimate of drug-likeness (QED) is 0.884. The minimum atomic E-state index is -0.503. The van der Waals surface area contributed by atoms with Crippen LogP contribution in [-0.2, 0) is 9.59 Å². The van der Waals surface area contributed by atoms with Gasteiger partial charge in [-0.25, -0.2) is 0 Å². The predicted molar refractivity (Wildman–Crippen MR) is 94.0 cm³/mol. The second-order valence-electron chi connectivity index (χ2n) is 5.57. The van der Waals surface area contributed by atoms with Crippen molar-refractivity contribution < 1.29 is 14.3 Å². The average Bonchev–Trinajstić information content (AvgIpc) is 2.59. The summed E-state index contributed by atoms with van der Waals surface area (Å²) in [6.07, 6.45) is 2.72. The molecule has 1 aliphatic rings. The molecule has 1 heterocycles. The molecule has 1 unspecified atom stereocenters. The van der Waals surface area contributed by atoms with E-state index in [-0.39, 0.29) is 11.8 Å². The molecule has 5 nitrogen and oxygen atoms in total. The largest absolute Gasteiger partial charge is 0.479 e. The maximum Gasteiger partial charge on any atom is 0.267 e. The second-order valence-corrected chi connectivity index (χ2v) is 5.57. The first kappa shape index (κ1) is 15.8. The van der Waals surface area contributed by atoms with Crippen LogP contribution >= 0.6 is 0 Å². The van der Waals surface area contributed by atoms with Crippen molar-refractivity contribution in [1.82, 2.24) is 0 Å². The zero-order chi connectivity index (χ0) is 17.1. The molecule has 1 atom stereocenters. The predicted octanol–water partition coefficient (Wildman–Crippen LogP) is 3.08. The Balaban J connectivity index is 1.73. The zero-order valence-electron chi connectivity index (χ0n) is 13.5. The molecule has 0 saturated carbocycles. The molecule has 0 fully saturated rings. The summed E-state index contributed by atoms with van der Waals surface area (Å²) in [7, 11) is 1.70. The molecular formula is C19H18N2O3. The molecule has 0 aliphatic carbocycles. The summed E-state index contributed by atoms with van der Waals surface area (Å²) in [6.45, 7) is 1.71. The van der Waals surface area contributed by atoms with Crippen molar-refractivity contribution in [2.24, 2.45) is 0 Å². The van der Waals surface area contributed by atoms with Gasteiger partial charge in [-0.05, 0) is 36.8 Å². The summed E-state index contributed by atoms with van der Waals surface area (Å²) >= 11 is 0. The molecule has 5 heteroatoms. The summed E-state index contributed by atoms with van der Waals surface area (Å²) in [5, 5.41) is 2.79. The van der Waals surface area contributed by atoms with Crippen LogP contribution in [0.1, 0.15) is 12.5 Å². The van der Waals surface area contributed by atoms with Crippen LogP contribution in [0, 0.1) is 0 Å². The molecule has 3 rings (SSSR count). The van der Waals surface area contributed by atoms with Gasteiger partial charge in [0.2, 0.25) is 5.91 Å². The lowest BCUT2D eigenvalue weighted by atomic mass is 10.2. The van der Waals surface area contributed by atoms with Crippen LogP contribution in [0.15, 0.2) is 54.6 Å². The van der Waals surface area contributed by atoms with Crippen molar-refractivity contribution in [1.29, 1.82) is 0 Å². The minimum absolute atomic E-state index is 0.116. The third-order valence-electron chi connectivity index (χ3n) is 3.80. The zero-order valence-corrected chi connectivity index (χ0v) is 13.5. The minimum Gasteiger partial charge on any atom is -0.479 e. The van der Waals surface area contributed by atoms with Crippen molar-refractivity contribution in [2.45, 2.75) is 13.0 Å². The highest BCUT2D eigenvalue weighted by molar-refractivity contribution is 6.04. The fourth-order valence-electron chi connectivity index (χ4n) is 2.51. The number of benzene rings is 2. The van der Waals surface area contributed by atoms with E-state index in [1.54, 1.807) is 43.1 Å².